The molecule has 29 heavy (non-hydrogen) atoms. The van der Waals surface area contributed by atoms with Crippen molar-refractivity contribution in [1.29, 1.82) is 0 Å². The van der Waals surface area contributed by atoms with Gasteiger partial charge in [-0.2, -0.15) is 4.31 Å². The molecule has 0 fully saturated rings. The molecule has 0 aliphatic carbocycles. The molecule has 6 nitrogen and oxygen atoms in total. The number of sulfonamides is 1. The first-order chi connectivity index (χ1) is 14.0. The molecule has 0 bridgehead atoms. The number of methoxy groups -OCH3 is 1. The second-order valence-electron chi connectivity index (χ2n) is 7.28. The van der Waals surface area contributed by atoms with Crippen LogP contribution in [0.5, 0.6) is 11.5 Å². The van der Waals surface area contributed by atoms with Gasteiger partial charge in [-0.15, -0.1) is 0 Å². The normalized spacial score (nSPS) is 16.5. The highest BCUT2D eigenvalue weighted by atomic mass is 32.2. The van der Waals surface area contributed by atoms with Gasteiger partial charge in [-0.3, -0.25) is 4.90 Å². The third-order valence-corrected chi connectivity index (χ3v) is 7.23. The fourth-order valence-electron chi connectivity index (χ4n) is 3.71. The third kappa shape index (κ3) is 4.91. The van der Waals surface area contributed by atoms with E-state index in [1.807, 2.05) is 24.3 Å². The topological polar surface area (TPSA) is 59.1 Å². The van der Waals surface area contributed by atoms with Crippen LogP contribution in [-0.2, 0) is 16.4 Å². The highest BCUT2D eigenvalue weighted by molar-refractivity contribution is 7.89. The molecule has 0 N–H and O–H groups in total. The summed E-state index contributed by atoms with van der Waals surface area (Å²) in [5.41, 5.74) is 1.08. The van der Waals surface area contributed by atoms with Gasteiger partial charge >= 0.3 is 0 Å². The zero-order valence-electron chi connectivity index (χ0n) is 17.4. The van der Waals surface area contributed by atoms with Crippen LogP contribution >= 0.6 is 0 Å². The molecule has 0 amide bonds. The van der Waals surface area contributed by atoms with Crippen LogP contribution in [-0.4, -0.2) is 64.1 Å². The molecule has 158 valence electrons. The Kier molecular flexibility index (Phi) is 7.16. The van der Waals surface area contributed by atoms with Crippen molar-refractivity contribution < 1.29 is 17.9 Å². The van der Waals surface area contributed by atoms with Crippen molar-refractivity contribution in [3.8, 4) is 11.5 Å². The fourth-order valence-corrected chi connectivity index (χ4v) is 4.90. The van der Waals surface area contributed by atoms with Crippen LogP contribution in [0.4, 0.5) is 0 Å². The first-order valence-corrected chi connectivity index (χ1v) is 11.5. The Balaban J connectivity index is 1.69. The number of fused-ring (bicyclic) bond motifs is 1. The Labute approximate surface area is 174 Å². The average Bonchev–Trinajstić information content (AvgIpc) is 2.76. The van der Waals surface area contributed by atoms with E-state index in [2.05, 4.69) is 11.8 Å². The molecule has 1 aliphatic rings. The van der Waals surface area contributed by atoms with Crippen molar-refractivity contribution in [2.24, 2.45) is 0 Å². The van der Waals surface area contributed by atoms with E-state index >= 15 is 0 Å². The second-order valence-corrected chi connectivity index (χ2v) is 9.33. The molecule has 1 atom stereocenters. The molecule has 1 aliphatic heterocycles. The summed E-state index contributed by atoms with van der Waals surface area (Å²) in [6.07, 6.45) is 1.82. The number of benzene rings is 2. The van der Waals surface area contributed by atoms with Gasteiger partial charge in [-0.05, 0) is 43.7 Å². The average molecular weight is 419 g/mol. The van der Waals surface area contributed by atoms with Crippen LogP contribution in [0.2, 0.25) is 0 Å². The number of hydrogen-bond donors (Lipinski definition) is 0. The zero-order chi connectivity index (χ0) is 20.9. The van der Waals surface area contributed by atoms with E-state index in [0.717, 1.165) is 36.4 Å². The van der Waals surface area contributed by atoms with E-state index in [0.29, 0.717) is 24.6 Å². The van der Waals surface area contributed by atoms with Gasteiger partial charge in [0.05, 0.1) is 12.0 Å². The minimum atomic E-state index is -3.48. The molecule has 0 radical (unpaired) electrons. The summed E-state index contributed by atoms with van der Waals surface area (Å²) in [7, 11) is -0.170. The maximum atomic E-state index is 12.8. The Morgan fingerprint density at radius 3 is 2.52 bits per heavy atom. The van der Waals surface area contributed by atoms with Crippen LogP contribution in [0.25, 0.3) is 0 Å². The number of hydrogen-bond acceptors (Lipinski definition) is 5. The summed E-state index contributed by atoms with van der Waals surface area (Å²) in [6, 6.07) is 14.6. The van der Waals surface area contributed by atoms with Crippen LogP contribution in [0.15, 0.2) is 53.4 Å². The van der Waals surface area contributed by atoms with E-state index in [1.54, 1.807) is 38.4 Å². The lowest BCUT2D eigenvalue weighted by molar-refractivity contribution is 0.114. The molecule has 1 unspecified atom stereocenters. The van der Waals surface area contributed by atoms with Crippen LogP contribution in [0.3, 0.4) is 0 Å². The lowest BCUT2D eigenvalue weighted by atomic mass is 10.00. The van der Waals surface area contributed by atoms with Crippen molar-refractivity contribution >= 4 is 10.0 Å². The molecule has 0 aromatic heterocycles. The Morgan fingerprint density at radius 1 is 1.07 bits per heavy atom. The number of rotatable bonds is 9. The van der Waals surface area contributed by atoms with E-state index in [1.165, 1.54) is 4.31 Å². The monoisotopic (exact) mass is 418 g/mol. The van der Waals surface area contributed by atoms with Gasteiger partial charge < -0.3 is 9.47 Å². The van der Waals surface area contributed by atoms with E-state index in [9.17, 15) is 8.42 Å². The number of likely N-dealkylation sites (N-methyl/N-ethyl adjacent to an activating group) is 1. The lowest BCUT2D eigenvalue weighted by Gasteiger charge is -2.36. The lowest BCUT2D eigenvalue weighted by Crippen LogP contribution is -2.47. The van der Waals surface area contributed by atoms with E-state index in [-0.39, 0.29) is 6.04 Å². The highest BCUT2D eigenvalue weighted by Gasteiger charge is 2.28. The maximum Gasteiger partial charge on any atom is 0.242 e. The summed E-state index contributed by atoms with van der Waals surface area (Å²) in [5.74, 6) is 1.72. The fraction of sp³-hybridized carbons (Fsp3) is 0.455. The minimum absolute atomic E-state index is 0.187. The second kappa shape index (κ2) is 9.61. The van der Waals surface area contributed by atoms with E-state index < -0.39 is 10.0 Å². The predicted molar refractivity (Wildman–Crippen MR) is 114 cm³/mol. The van der Waals surface area contributed by atoms with Crippen molar-refractivity contribution in [1.82, 2.24) is 9.21 Å². The van der Waals surface area contributed by atoms with Crippen LogP contribution < -0.4 is 9.47 Å². The maximum absolute atomic E-state index is 12.8. The molecular weight excluding hydrogens is 388 g/mol. The SMILES string of the molecule is CCCN(CCN(C)S(=O)(=O)c1ccccc1)C1COc2cccc(OC)c2C1. The highest BCUT2D eigenvalue weighted by Crippen LogP contribution is 2.33. The Morgan fingerprint density at radius 2 is 1.83 bits per heavy atom. The quantitative estimate of drug-likeness (QED) is 0.627. The summed E-state index contributed by atoms with van der Waals surface area (Å²) >= 11 is 0. The van der Waals surface area contributed by atoms with Crippen LogP contribution in [0.1, 0.15) is 18.9 Å². The summed E-state index contributed by atoms with van der Waals surface area (Å²) in [5, 5.41) is 0. The zero-order valence-corrected chi connectivity index (χ0v) is 18.2. The van der Waals surface area contributed by atoms with Crippen molar-refractivity contribution in [3.05, 3.63) is 54.1 Å². The first kappa shape index (κ1) is 21.6. The van der Waals surface area contributed by atoms with Gasteiger partial charge in [0.1, 0.15) is 18.1 Å². The number of nitrogens with zero attached hydrogens (tertiary/aromatic N) is 2. The van der Waals surface area contributed by atoms with Crippen molar-refractivity contribution in [2.45, 2.75) is 30.7 Å². The van der Waals surface area contributed by atoms with E-state index in [4.69, 9.17) is 9.47 Å². The van der Waals surface area contributed by atoms with Gasteiger partial charge in [0.15, 0.2) is 0 Å². The first-order valence-electron chi connectivity index (χ1n) is 10.0. The molecule has 0 spiro atoms. The molecule has 2 aromatic carbocycles. The largest absolute Gasteiger partial charge is 0.496 e. The Bertz CT molecular complexity index is 888. The third-order valence-electron chi connectivity index (χ3n) is 5.36. The molecule has 7 heteroatoms. The molecule has 1 heterocycles. The van der Waals surface area contributed by atoms with Crippen LogP contribution in [0, 0.1) is 0 Å². The summed E-state index contributed by atoms with van der Waals surface area (Å²) < 4.78 is 38.5. The minimum Gasteiger partial charge on any atom is -0.496 e. The molecule has 0 saturated carbocycles. The summed E-state index contributed by atoms with van der Waals surface area (Å²) in [4.78, 5) is 2.65. The summed E-state index contributed by atoms with van der Waals surface area (Å²) in [6.45, 7) is 4.68. The molecule has 0 saturated heterocycles. The number of ether oxygens (including phenoxy) is 2. The van der Waals surface area contributed by atoms with Gasteiger partial charge in [0.25, 0.3) is 0 Å². The molecule has 3 rings (SSSR count). The van der Waals surface area contributed by atoms with Crippen molar-refractivity contribution in [2.75, 3.05) is 40.4 Å². The van der Waals surface area contributed by atoms with Gasteiger partial charge in [0, 0.05) is 31.7 Å². The predicted octanol–water partition coefficient (Wildman–Crippen LogP) is 3.03. The Hall–Kier alpha value is -2.09. The van der Waals surface area contributed by atoms with Gasteiger partial charge in [-0.1, -0.05) is 31.2 Å². The smallest absolute Gasteiger partial charge is 0.242 e. The van der Waals surface area contributed by atoms with Gasteiger partial charge in [0.2, 0.25) is 10.0 Å². The standard InChI is InChI=1S/C22H30N2O4S/c1-4-13-24(15-14-23(2)29(25,26)19-9-6-5-7-10-19)18-16-20-21(27-3)11-8-12-22(20)28-17-18/h5-12,18H,4,13-17H2,1-3H3. The molecular formula is C22H30N2O4S. The van der Waals surface area contributed by atoms with Gasteiger partial charge in [-0.25, -0.2) is 8.42 Å². The molecule has 2 aromatic rings. The van der Waals surface area contributed by atoms with Crippen molar-refractivity contribution in [3.63, 3.8) is 0 Å².